The Kier molecular flexibility index (Phi) is 17.2. The third-order valence-corrected chi connectivity index (χ3v) is 10.7. The maximum atomic E-state index is 14.1. The molecular weight excluding hydrogens is 683 g/mol. The molecule has 1 fully saturated rings. The van der Waals surface area contributed by atoms with Crippen LogP contribution >= 0.6 is 11.3 Å². The third-order valence-electron chi connectivity index (χ3n) is 9.80. The van der Waals surface area contributed by atoms with Crippen LogP contribution in [-0.4, -0.2) is 83.9 Å². The van der Waals surface area contributed by atoms with E-state index >= 15 is 0 Å². The van der Waals surface area contributed by atoms with Crippen molar-refractivity contribution in [2.75, 3.05) is 20.2 Å². The lowest BCUT2D eigenvalue weighted by Gasteiger charge is -2.37. The number of thiazole rings is 1. The van der Waals surface area contributed by atoms with Crippen molar-refractivity contribution in [1.29, 1.82) is 0 Å². The van der Waals surface area contributed by atoms with Crippen LogP contribution in [0.2, 0.25) is 0 Å². The van der Waals surface area contributed by atoms with Gasteiger partial charge in [0.15, 0.2) is 6.10 Å². The molecule has 12 nitrogen and oxygen atoms in total. The molecular formula is C39H59N5O7S. The summed E-state index contributed by atoms with van der Waals surface area (Å²) in [7, 11) is 1.73. The first-order valence-electron chi connectivity index (χ1n) is 18.7. The number of carbonyl (C=O) groups excluding carboxylic acids is 5. The third kappa shape index (κ3) is 12.7. The topological polar surface area (TPSA) is 156 Å². The Hall–Kier alpha value is -3.84. The van der Waals surface area contributed by atoms with Crippen LogP contribution in [0.5, 0.6) is 0 Å². The molecule has 1 aromatic heterocycles. The summed E-state index contributed by atoms with van der Waals surface area (Å²) in [6, 6.07) is 7.92. The standard InChI is InChI=1S/C39H59N5O7S/c1-9-25(5)34(43-35(46)30-18-14-15-19-40-30)38(48)44(8)32(24(3)4)22-33(51-27(7)45)37-42-31(23-52-37)36(47)41-29(20-26(6)39(49)50-10-2)21-28-16-12-11-13-17-28/h11-13,16-17,23-26,29-30,32-34,40H,9-10,14-15,18-22H2,1-8H3,(H,41,47)(H,43,46). The van der Waals surface area contributed by atoms with Gasteiger partial charge in [-0.15, -0.1) is 11.3 Å². The molecule has 2 aromatic rings. The molecule has 3 N–H and O–H groups in total. The summed E-state index contributed by atoms with van der Waals surface area (Å²) in [6.45, 7) is 13.9. The van der Waals surface area contributed by atoms with Gasteiger partial charge >= 0.3 is 11.9 Å². The van der Waals surface area contributed by atoms with Gasteiger partial charge in [0.25, 0.3) is 5.91 Å². The van der Waals surface area contributed by atoms with E-state index in [9.17, 15) is 24.0 Å². The van der Waals surface area contributed by atoms with E-state index in [1.54, 1.807) is 31.2 Å². The molecule has 0 spiro atoms. The lowest BCUT2D eigenvalue weighted by atomic mass is 9.92. The SMILES string of the molecule is CCOC(=O)C(C)CC(Cc1ccccc1)NC(=O)c1csc(C(CC(C(C)C)N(C)C(=O)C(NC(=O)C2CCCCN2)C(C)CC)OC(C)=O)n1. The summed E-state index contributed by atoms with van der Waals surface area (Å²) < 4.78 is 11.0. The largest absolute Gasteiger partial charge is 0.466 e. The first-order valence-corrected chi connectivity index (χ1v) is 19.6. The van der Waals surface area contributed by atoms with Gasteiger partial charge in [-0.2, -0.15) is 0 Å². The summed E-state index contributed by atoms with van der Waals surface area (Å²) in [4.78, 5) is 72.0. The Morgan fingerprint density at radius 1 is 1.02 bits per heavy atom. The minimum atomic E-state index is -0.821. The first kappa shape index (κ1) is 42.6. The minimum Gasteiger partial charge on any atom is -0.466 e. The van der Waals surface area contributed by atoms with Crippen LogP contribution in [0, 0.1) is 17.8 Å². The van der Waals surface area contributed by atoms with Crippen molar-refractivity contribution >= 4 is 41.0 Å². The smallest absolute Gasteiger partial charge is 0.308 e. The number of hydrogen-bond donors (Lipinski definition) is 3. The molecule has 2 heterocycles. The number of rotatable bonds is 19. The second kappa shape index (κ2) is 21.0. The Balaban J connectivity index is 1.80. The second-order valence-electron chi connectivity index (χ2n) is 14.3. The fourth-order valence-electron chi connectivity index (χ4n) is 6.59. The van der Waals surface area contributed by atoms with Crippen molar-refractivity contribution < 1.29 is 33.4 Å². The summed E-state index contributed by atoms with van der Waals surface area (Å²) >= 11 is 1.21. The van der Waals surface area contributed by atoms with Crippen LogP contribution in [0.25, 0.3) is 0 Å². The molecule has 0 radical (unpaired) electrons. The van der Waals surface area contributed by atoms with E-state index < -0.39 is 29.9 Å². The quantitative estimate of drug-likeness (QED) is 0.164. The fraction of sp³-hybridized carbons (Fsp3) is 0.641. The summed E-state index contributed by atoms with van der Waals surface area (Å²) in [6.07, 6.45) is 3.72. The van der Waals surface area contributed by atoms with Crippen molar-refractivity contribution in [3.63, 3.8) is 0 Å². The molecule has 1 aromatic carbocycles. The van der Waals surface area contributed by atoms with Crippen LogP contribution < -0.4 is 16.0 Å². The zero-order valence-electron chi connectivity index (χ0n) is 32.1. The van der Waals surface area contributed by atoms with E-state index in [1.807, 2.05) is 58.0 Å². The van der Waals surface area contributed by atoms with Gasteiger partial charge in [-0.25, -0.2) is 4.98 Å². The van der Waals surface area contributed by atoms with Crippen molar-refractivity contribution in [3.05, 3.63) is 52.0 Å². The van der Waals surface area contributed by atoms with Gasteiger partial charge in [0.2, 0.25) is 11.8 Å². The number of ether oxygens (including phenoxy) is 2. The molecule has 1 aliphatic rings. The number of likely N-dealkylation sites (N-methyl/N-ethyl adjacent to an activating group) is 1. The van der Waals surface area contributed by atoms with Crippen LogP contribution in [-0.2, 0) is 35.1 Å². The van der Waals surface area contributed by atoms with Crippen LogP contribution in [0.1, 0.15) is 114 Å². The van der Waals surface area contributed by atoms with E-state index in [1.165, 1.54) is 18.3 Å². The van der Waals surface area contributed by atoms with E-state index in [0.29, 0.717) is 24.3 Å². The number of nitrogens with one attached hydrogen (secondary N) is 3. The van der Waals surface area contributed by atoms with Crippen LogP contribution in [0.4, 0.5) is 0 Å². The molecule has 7 atom stereocenters. The highest BCUT2D eigenvalue weighted by molar-refractivity contribution is 7.09. The monoisotopic (exact) mass is 741 g/mol. The Morgan fingerprint density at radius 2 is 1.73 bits per heavy atom. The minimum absolute atomic E-state index is 0.0387. The Morgan fingerprint density at radius 3 is 2.33 bits per heavy atom. The number of piperidine rings is 1. The predicted molar refractivity (Wildman–Crippen MR) is 201 cm³/mol. The average molecular weight is 742 g/mol. The van der Waals surface area contributed by atoms with E-state index in [-0.39, 0.29) is 66.5 Å². The maximum absolute atomic E-state index is 14.1. The number of esters is 2. The Bertz CT molecular complexity index is 1460. The van der Waals surface area contributed by atoms with Gasteiger partial charge in [-0.05, 0) is 56.6 Å². The van der Waals surface area contributed by atoms with Gasteiger partial charge in [-0.1, -0.05) is 77.8 Å². The molecule has 1 saturated heterocycles. The molecule has 3 rings (SSSR count). The summed E-state index contributed by atoms with van der Waals surface area (Å²) in [5, 5.41) is 11.4. The van der Waals surface area contributed by atoms with E-state index in [4.69, 9.17) is 9.47 Å². The molecule has 0 aliphatic carbocycles. The van der Waals surface area contributed by atoms with Crippen LogP contribution in [0.3, 0.4) is 0 Å². The number of nitrogens with zero attached hydrogens (tertiary/aromatic N) is 2. The van der Waals surface area contributed by atoms with Crippen molar-refractivity contribution in [1.82, 2.24) is 25.8 Å². The fourth-order valence-corrected chi connectivity index (χ4v) is 7.43. The lowest BCUT2D eigenvalue weighted by Crippen LogP contribution is -2.57. The molecule has 0 bridgehead atoms. The van der Waals surface area contributed by atoms with Crippen LogP contribution in [0.15, 0.2) is 35.7 Å². The van der Waals surface area contributed by atoms with Crippen molar-refractivity contribution in [2.24, 2.45) is 17.8 Å². The molecule has 1 aliphatic heterocycles. The van der Waals surface area contributed by atoms with Gasteiger partial charge < -0.3 is 30.3 Å². The molecule has 288 valence electrons. The second-order valence-corrected chi connectivity index (χ2v) is 15.2. The zero-order valence-corrected chi connectivity index (χ0v) is 32.9. The zero-order chi connectivity index (χ0) is 38.4. The number of carbonyl (C=O) groups is 5. The van der Waals surface area contributed by atoms with Crippen molar-refractivity contribution in [2.45, 2.75) is 124 Å². The summed E-state index contributed by atoms with van der Waals surface area (Å²) in [5.41, 5.74) is 1.18. The molecule has 52 heavy (non-hydrogen) atoms. The highest BCUT2D eigenvalue weighted by Crippen LogP contribution is 2.31. The first-order chi connectivity index (χ1) is 24.7. The van der Waals surface area contributed by atoms with Gasteiger partial charge in [-0.3, -0.25) is 24.0 Å². The number of amides is 3. The van der Waals surface area contributed by atoms with Gasteiger partial charge in [0.05, 0.1) is 18.6 Å². The van der Waals surface area contributed by atoms with Crippen molar-refractivity contribution in [3.8, 4) is 0 Å². The average Bonchev–Trinajstić information content (AvgIpc) is 3.62. The van der Waals surface area contributed by atoms with Gasteiger partial charge in [0, 0.05) is 37.9 Å². The number of aromatic nitrogens is 1. The molecule has 7 unspecified atom stereocenters. The number of benzene rings is 1. The summed E-state index contributed by atoms with van der Waals surface area (Å²) in [5.74, 6) is -2.19. The molecule has 13 heteroatoms. The van der Waals surface area contributed by atoms with E-state index in [2.05, 4.69) is 20.9 Å². The highest BCUT2D eigenvalue weighted by atomic mass is 32.1. The predicted octanol–water partition coefficient (Wildman–Crippen LogP) is 5.22. The lowest BCUT2D eigenvalue weighted by molar-refractivity contribution is -0.149. The number of hydrogen-bond acceptors (Lipinski definition) is 10. The molecule has 3 amide bonds. The Labute approximate surface area is 313 Å². The van der Waals surface area contributed by atoms with E-state index in [0.717, 1.165) is 31.4 Å². The maximum Gasteiger partial charge on any atom is 0.308 e. The molecule has 0 saturated carbocycles. The highest BCUT2D eigenvalue weighted by Gasteiger charge is 2.36. The normalized spacial score (nSPS) is 17.9. The van der Waals surface area contributed by atoms with Gasteiger partial charge in [0.1, 0.15) is 16.7 Å².